The van der Waals surface area contributed by atoms with Gasteiger partial charge < -0.3 is 20.1 Å². The molecule has 0 saturated heterocycles. The van der Waals surface area contributed by atoms with Crippen molar-refractivity contribution in [3.8, 4) is 0 Å². The average Bonchev–Trinajstić information content (AvgIpc) is 3.13. The summed E-state index contributed by atoms with van der Waals surface area (Å²) in [6.07, 6.45) is 45.5. The Kier molecular flexibility index (Phi) is 36.3. The fourth-order valence-corrected chi connectivity index (χ4v) is 5.63. The summed E-state index contributed by atoms with van der Waals surface area (Å²) in [6, 6.07) is 0. The number of allylic oxidation sites excluding steroid dienone is 12. The van der Waals surface area contributed by atoms with Gasteiger partial charge in [0.05, 0.1) is 13.2 Å². The van der Waals surface area contributed by atoms with Crippen LogP contribution in [0.1, 0.15) is 149 Å². The van der Waals surface area contributed by atoms with Crippen LogP contribution in [-0.2, 0) is 27.9 Å². The monoisotopic (exact) mass is 749 g/mol. The van der Waals surface area contributed by atoms with Gasteiger partial charge in [-0.15, -0.1) is 0 Å². The van der Waals surface area contributed by atoms with E-state index in [-0.39, 0.29) is 32.1 Å². The van der Waals surface area contributed by atoms with Crippen LogP contribution < -0.4 is 5.32 Å². The minimum absolute atomic E-state index is 0.0536. The number of nitrogens with one attached hydrogen (secondary N) is 1. The summed E-state index contributed by atoms with van der Waals surface area (Å²) in [5, 5.41) is 12.6. The molecule has 0 aromatic rings. The maximum absolute atomic E-state index is 12.1. The topological polar surface area (TPSA) is 131 Å². The van der Waals surface area contributed by atoms with E-state index in [4.69, 9.17) is 13.8 Å². The van der Waals surface area contributed by atoms with Crippen molar-refractivity contribution < 1.29 is 37.9 Å². The minimum atomic E-state index is -4.43. The molecule has 0 bridgehead atoms. The quantitative estimate of drug-likeness (QED) is 0.0250. The highest BCUT2D eigenvalue weighted by Gasteiger charge is 2.23. The van der Waals surface area contributed by atoms with E-state index in [1.165, 1.54) is 32.1 Å². The van der Waals surface area contributed by atoms with Crippen LogP contribution in [0.15, 0.2) is 72.9 Å². The van der Waals surface area contributed by atoms with Crippen LogP contribution in [0.5, 0.6) is 0 Å². The molecule has 0 rings (SSSR count). The predicted octanol–water partition coefficient (Wildman–Crippen LogP) is 10.7. The van der Waals surface area contributed by atoms with E-state index >= 15 is 0 Å². The molecule has 1 amide bonds. The van der Waals surface area contributed by atoms with E-state index < -0.39 is 26.5 Å². The Bertz CT molecular complexity index is 1080. The van der Waals surface area contributed by atoms with E-state index in [9.17, 15) is 24.2 Å². The molecule has 0 saturated carbocycles. The summed E-state index contributed by atoms with van der Waals surface area (Å²) in [4.78, 5) is 33.8. The number of ether oxygens (including phenoxy) is 1. The van der Waals surface area contributed by atoms with Crippen molar-refractivity contribution in [1.82, 2.24) is 5.32 Å². The summed E-state index contributed by atoms with van der Waals surface area (Å²) < 4.78 is 26.8. The smallest absolute Gasteiger partial charge is 0.463 e. The summed E-state index contributed by atoms with van der Waals surface area (Å²) >= 11 is 0. The number of hydrogen-bond donors (Lipinski definition) is 3. The van der Waals surface area contributed by atoms with Crippen molar-refractivity contribution in [3.05, 3.63) is 72.9 Å². The Morgan fingerprint density at radius 1 is 0.615 bits per heavy atom. The van der Waals surface area contributed by atoms with Gasteiger partial charge in [-0.3, -0.25) is 18.6 Å². The average molecular weight is 750 g/mol. The number of hydrogen-bond acceptors (Lipinski definition) is 7. The first-order chi connectivity index (χ1) is 25.3. The number of rotatable bonds is 36. The zero-order valence-electron chi connectivity index (χ0n) is 32.5. The first kappa shape index (κ1) is 49.5. The molecule has 2 atom stereocenters. The van der Waals surface area contributed by atoms with Crippen LogP contribution in [0.2, 0.25) is 0 Å². The molecule has 0 aromatic heterocycles. The number of phosphoric ester groups is 1. The van der Waals surface area contributed by atoms with Gasteiger partial charge in [-0.05, 0) is 83.5 Å². The Balaban J connectivity index is 3.71. The third-order valence-corrected chi connectivity index (χ3v) is 8.85. The van der Waals surface area contributed by atoms with Gasteiger partial charge in [-0.25, -0.2) is 4.57 Å². The molecule has 2 unspecified atom stereocenters. The van der Waals surface area contributed by atoms with Crippen molar-refractivity contribution >= 4 is 19.7 Å². The summed E-state index contributed by atoms with van der Waals surface area (Å²) in [7, 11) is -4.43. The van der Waals surface area contributed by atoms with Crippen LogP contribution in [0.25, 0.3) is 0 Å². The summed E-state index contributed by atoms with van der Waals surface area (Å²) in [6.45, 7) is 3.33. The SMILES string of the molecule is CC/C=C\C/C=C\C/C=C\C/C=C\CCCCC(=O)NCCOP(=O)(O)OCC(O)COC(=O)CCCCCCC/C=C\C/C=C\CCCCCC. The second kappa shape index (κ2) is 38.2. The normalized spacial score (nSPS) is 14.2. The van der Waals surface area contributed by atoms with Crippen molar-refractivity contribution in [2.75, 3.05) is 26.4 Å². The lowest BCUT2D eigenvalue weighted by Crippen LogP contribution is -2.27. The fourth-order valence-electron chi connectivity index (χ4n) is 4.87. The Labute approximate surface area is 316 Å². The third-order valence-electron chi connectivity index (χ3n) is 7.87. The maximum Gasteiger partial charge on any atom is 0.472 e. The highest BCUT2D eigenvalue weighted by molar-refractivity contribution is 7.47. The molecule has 0 aliphatic rings. The number of carbonyl (C=O) groups is 2. The molecule has 0 heterocycles. The van der Waals surface area contributed by atoms with Gasteiger partial charge in [0, 0.05) is 19.4 Å². The van der Waals surface area contributed by atoms with Gasteiger partial charge >= 0.3 is 13.8 Å². The highest BCUT2D eigenvalue weighted by atomic mass is 31.2. The lowest BCUT2D eigenvalue weighted by atomic mass is 10.1. The minimum Gasteiger partial charge on any atom is -0.463 e. The standard InChI is InChI=1S/C42H72NO8P/c1-3-5-7-9-11-13-15-17-19-21-23-25-27-29-31-33-35-42(46)49-38-40(44)39-51-52(47,48)50-37-36-43-41(45)34-32-30-28-26-24-22-20-18-16-14-12-10-8-6-4-2/h6,8,12-15,18-21,24,26,40,44H,3-5,7,9-11,16-17,22-23,25,27-39H2,1-2H3,(H,43,45)(H,47,48)/b8-6-,14-12-,15-13-,20-18-,21-19-,26-24-. The molecular formula is C42H72NO8P. The molecule has 0 fully saturated rings. The van der Waals surface area contributed by atoms with Gasteiger partial charge in [0.1, 0.15) is 12.7 Å². The van der Waals surface area contributed by atoms with Crippen molar-refractivity contribution in [2.24, 2.45) is 0 Å². The van der Waals surface area contributed by atoms with E-state index in [2.05, 4.69) is 92.1 Å². The number of unbranched alkanes of at least 4 members (excludes halogenated alkanes) is 11. The van der Waals surface area contributed by atoms with E-state index in [0.717, 1.165) is 83.5 Å². The molecule has 52 heavy (non-hydrogen) atoms. The van der Waals surface area contributed by atoms with Crippen LogP contribution >= 0.6 is 7.82 Å². The Morgan fingerprint density at radius 3 is 1.67 bits per heavy atom. The molecule has 0 spiro atoms. The van der Waals surface area contributed by atoms with Gasteiger partial charge in [0.2, 0.25) is 5.91 Å². The van der Waals surface area contributed by atoms with Crippen molar-refractivity contribution in [1.29, 1.82) is 0 Å². The molecule has 9 nitrogen and oxygen atoms in total. The first-order valence-electron chi connectivity index (χ1n) is 19.9. The molecule has 0 radical (unpaired) electrons. The molecule has 3 N–H and O–H groups in total. The first-order valence-corrected chi connectivity index (χ1v) is 21.4. The van der Waals surface area contributed by atoms with Crippen LogP contribution in [-0.4, -0.2) is 54.3 Å². The van der Waals surface area contributed by atoms with Gasteiger partial charge in [-0.1, -0.05) is 125 Å². The van der Waals surface area contributed by atoms with E-state index in [0.29, 0.717) is 12.8 Å². The van der Waals surface area contributed by atoms with Gasteiger partial charge in [0.25, 0.3) is 0 Å². The lowest BCUT2D eigenvalue weighted by molar-refractivity contribution is -0.147. The van der Waals surface area contributed by atoms with Crippen LogP contribution in [0.4, 0.5) is 0 Å². The molecule has 10 heteroatoms. The Morgan fingerprint density at radius 2 is 1.10 bits per heavy atom. The zero-order valence-corrected chi connectivity index (χ0v) is 33.4. The number of amides is 1. The third kappa shape index (κ3) is 38.7. The number of esters is 1. The summed E-state index contributed by atoms with van der Waals surface area (Å²) in [5.74, 6) is -0.580. The second-order valence-corrected chi connectivity index (χ2v) is 14.3. The largest absolute Gasteiger partial charge is 0.472 e. The highest BCUT2D eigenvalue weighted by Crippen LogP contribution is 2.42. The number of phosphoric acid groups is 1. The zero-order chi connectivity index (χ0) is 38.2. The maximum atomic E-state index is 12.1. The second-order valence-electron chi connectivity index (χ2n) is 12.9. The lowest BCUT2D eigenvalue weighted by Gasteiger charge is -2.15. The summed E-state index contributed by atoms with van der Waals surface area (Å²) in [5.41, 5.74) is 0. The molecule has 0 aliphatic heterocycles. The number of aliphatic hydroxyl groups excluding tert-OH is 1. The van der Waals surface area contributed by atoms with E-state index in [1.807, 2.05) is 0 Å². The Hall–Kier alpha value is -2.55. The molecule has 298 valence electrons. The van der Waals surface area contributed by atoms with Crippen molar-refractivity contribution in [2.45, 2.75) is 155 Å². The van der Waals surface area contributed by atoms with Gasteiger partial charge in [0.15, 0.2) is 0 Å². The molecule has 0 aliphatic carbocycles. The van der Waals surface area contributed by atoms with Crippen LogP contribution in [0.3, 0.4) is 0 Å². The number of carbonyl (C=O) groups excluding carboxylic acids is 2. The predicted molar refractivity (Wildman–Crippen MR) is 215 cm³/mol. The van der Waals surface area contributed by atoms with Gasteiger partial charge in [-0.2, -0.15) is 0 Å². The van der Waals surface area contributed by atoms with Crippen LogP contribution in [0, 0.1) is 0 Å². The fraction of sp³-hybridized carbons (Fsp3) is 0.667. The molecule has 0 aromatic carbocycles. The molecular weight excluding hydrogens is 677 g/mol. The van der Waals surface area contributed by atoms with Crippen molar-refractivity contribution in [3.63, 3.8) is 0 Å². The number of aliphatic hydroxyl groups is 1. The van der Waals surface area contributed by atoms with E-state index in [1.54, 1.807) is 0 Å².